The summed E-state index contributed by atoms with van der Waals surface area (Å²) < 4.78 is 23.7. The van der Waals surface area contributed by atoms with Crippen molar-refractivity contribution in [1.29, 1.82) is 0 Å². The first-order chi connectivity index (χ1) is 9.27. The van der Waals surface area contributed by atoms with Crippen LogP contribution in [-0.4, -0.2) is 19.9 Å². The molecule has 110 valence electrons. The van der Waals surface area contributed by atoms with Crippen molar-refractivity contribution in [2.75, 3.05) is 6.26 Å². The molecule has 0 amide bonds. The topological polar surface area (TPSA) is 51.2 Å². The second-order valence-electron chi connectivity index (χ2n) is 4.80. The Morgan fingerprint density at radius 3 is 2.50 bits per heavy atom. The van der Waals surface area contributed by atoms with Gasteiger partial charge in [-0.1, -0.05) is 31.9 Å². The van der Waals surface area contributed by atoms with E-state index in [1.165, 1.54) is 6.07 Å². The van der Waals surface area contributed by atoms with Crippen LogP contribution in [0.2, 0.25) is 0 Å². The lowest BCUT2D eigenvalue weighted by Crippen LogP contribution is -2.04. The molecule has 0 aliphatic carbocycles. The van der Waals surface area contributed by atoms with Gasteiger partial charge in [0.1, 0.15) is 0 Å². The molecular formula is C15H19ClO3S. The molecule has 0 saturated carbocycles. The number of hydrogen-bond acceptors (Lipinski definition) is 3. The van der Waals surface area contributed by atoms with Gasteiger partial charge in [-0.25, -0.2) is 8.42 Å². The number of sulfone groups is 1. The molecule has 0 spiro atoms. The minimum atomic E-state index is -3.41. The first kappa shape index (κ1) is 16.9. The van der Waals surface area contributed by atoms with Gasteiger partial charge in [-0.15, -0.1) is 0 Å². The average Bonchev–Trinajstić information content (AvgIpc) is 2.32. The fraction of sp³-hybridized carbons (Fsp3) is 0.400. The van der Waals surface area contributed by atoms with Gasteiger partial charge in [0.2, 0.25) is 0 Å². The van der Waals surface area contributed by atoms with Crippen molar-refractivity contribution < 1.29 is 13.2 Å². The maximum Gasteiger partial charge on any atom is 0.252 e. The molecule has 5 heteroatoms. The molecule has 0 unspecified atom stereocenters. The molecule has 3 nitrogen and oxygen atoms in total. The monoisotopic (exact) mass is 314 g/mol. The van der Waals surface area contributed by atoms with Crippen LogP contribution >= 0.6 is 11.6 Å². The van der Waals surface area contributed by atoms with Crippen molar-refractivity contribution in [1.82, 2.24) is 0 Å². The van der Waals surface area contributed by atoms with Crippen LogP contribution in [0, 0.1) is 6.92 Å². The Morgan fingerprint density at radius 1 is 1.35 bits per heavy atom. The van der Waals surface area contributed by atoms with Gasteiger partial charge in [0.25, 0.3) is 5.24 Å². The molecule has 0 saturated heterocycles. The van der Waals surface area contributed by atoms with Crippen LogP contribution in [0.1, 0.15) is 47.7 Å². The third-order valence-electron chi connectivity index (χ3n) is 2.99. The van der Waals surface area contributed by atoms with Gasteiger partial charge in [0.05, 0.1) is 4.90 Å². The Hall–Kier alpha value is -1.13. The van der Waals surface area contributed by atoms with E-state index in [9.17, 15) is 13.2 Å². The highest BCUT2D eigenvalue weighted by molar-refractivity contribution is 7.90. The summed E-state index contributed by atoms with van der Waals surface area (Å²) in [7, 11) is -3.41. The Balaban J connectivity index is 3.32. The lowest BCUT2D eigenvalue weighted by molar-refractivity contribution is 0.108. The van der Waals surface area contributed by atoms with Crippen LogP contribution < -0.4 is 0 Å². The van der Waals surface area contributed by atoms with Crippen LogP contribution in [0.3, 0.4) is 0 Å². The van der Waals surface area contributed by atoms with Crippen molar-refractivity contribution in [2.24, 2.45) is 0 Å². The maximum atomic E-state index is 11.8. The van der Waals surface area contributed by atoms with Crippen LogP contribution in [-0.2, 0) is 9.84 Å². The van der Waals surface area contributed by atoms with E-state index in [0.29, 0.717) is 11.1 Å². The molecule has 0 fully saturated rings. The van der Waals surface area contributed by atoms with Gasteiger partial charge in [0, 0.05) is 11.8 Å². The summed E-state index contributed by atoms with van der Waals surface area (Å²) in [5, 5.41) is -0.645. The zero-order chi connectivity index (χ0) is 15.3. The fourth-order valence-corrected chi connectivity index (χ4v) is 3.00. The second kappa shape index (κ2) is 7.04. The lowest BCUT2D eigenvalue weighted by atomic mass is 10.0. The summed E-state index contributed by atoms with van der Waals surface area (Å²) in [6.07, 6.45) is 7.92. The second-order valence-corrected chi connectivity index (χ2v) is 7.12. The molecule has 0 bridgehead atoms. The summed E-state index contributed by atoms with van der Waals surface area (Å²) in [6, 6.07) is 3.05. The summed E-state index contributed by atoms with van der Waals surface area (Å²) in [4.78, 5) is 11.4. The number of benzene rings is 1. The average molecular weight is 315 g/mol. The zero-order valence-corrected chi connectivity index (χ0v) is 13.5. The maximum absolute atomic E-state index is 11.8. The Morgan fingerprint density at radius 2 is 2.00 bits per heavy atom. The standard InChI is InChI=1S/C15H19ClO3S/c1-4-5-6-7-8-12-9-11(2)13(15(16)17)10-14(12)20(3,18)19/h7-10H,4-6H2,1-3H3/b8-7+. The number of hydrogen-bond donors (Lipinski definition) is 0. The molecular weight excluding hydrogens is 296 g/mol. The van der Waals surface area contributed by atoms with E-state index in [0.717, 1.165) is 25.5 Å². The highest BCUT2D eigenvalue weighted by Gasteiger charge is 2.17. The SMILES string of the molecule is CCCC/C=C/c1cc(C)c(C(=O)Cl)cc1S(C)(=O)=O. The summed E-state index contributed by atoms with van der Waals surface area (Å²) in [5.41, 5.74) is 1.51. The third kappa shape index (κ3) is 4.46. The predicted molar refractivity (Wildman–Crippen MR) is 83.0 cm³/mol. The molecule has 0 atom stereocenters. The van der Waals surface area contributed by atoms with Crippen LogP contribution in [0.4, 0.5) is 0 Å². The number of carbonyl (C=O) groups is 1. The summed E-state index contributed by atoms with van der Waals surface area (Å²) >= 11 is 5.48. The molecule has 1 rings (SSSR count). The number of aryl methyl sites for hydroxylation is 1. The molecule has 0 N–H and O–H groups in total. The van der Waals surface area contributed by atoms with E-state index in [4.69, 9.17) is 11.6 Å². The van der Waals surface area contributed by atoms with Crippen molar-refractivity contribution in [3.05, 3.63) is 34.9 Å². The van der Waals surface area contributed by atoms with E-state index >= 15 is 0 Å². The van der Waals surface area contributed by atoms with E-state index in [-0.39, 0.29) is 10.5 Å². The van der Waals surface area contributed by atoms with Crippen molar-refractivity contribution in [3.8, 4) is 0 Å². The Bertz CT molecular complexity index is 631. The smallest absolute Gasteiger partial charge is 0.252 e. The van der Waals surface area contributed by atoms with E-state index in [1.54, 1.807) is 19.1 Å². The van der Waals surface area contributed by atoms with E-state index in [1.807, 2.05) is 6.08 Å². The zero-order valence-electron chi connectivity index (χ0n) is 11.9. The fourth-order valence-electron chi connectivity index (χ4n) is 1.91. The molecule has 1 aromatic carbocycles. The van der Waals surface area contributed by atoms with Crippen molar-refractivity contribution >= 4 is 32.8 Å². The minimum Gasteiger partial charge on any atom is -0.276 e. The van der Waals surface area contributed by atoms with Crippen LogP contribution in [0.15, 0.2) is 23.1 Å². The Labute approximate surface area is 125 Å². The minimum absolute atomic E-state index is 0.139. The molecule has 0 aromatic heterocycles. The summed E-state index contributed by atoms with van der Waals surface area (Å²) in [6.45, 7) is 3.84. The molecule has 0 radical (unpaired) electrons. The van der Waals surface area contributed by atoms with E-state index < -0.39 is 15.1 Å². The first-order valence-corrected chi connectivity index (χ1v) is 8.75. The van der Waals surface area contributed by atoms with Crippen LogP contribution in [0.5, 0.6) is 0 Å². The highest BCUT2D eigenvalue weighted by atomic mass is 35.5. The van der Waals surface area contributed by atoms with Crippen LogP contribution in [0.25, 0.3) is 6.08 Å². The number of halogens is 1. The number of rotatable bonds is 6. The van der Waals surface area contributed by atoms with Crippen molar-refractivity contribution in [3.63, 3.8) is 0 Å². The molecule has 1 aromatic rings. The number of carbonyl (C=O) groups excluding carboxylic acids is 1. The molecule has 20 heavy (non-hydrogen) atoms. The van der Waals surface area contributed by atoms with Gasteiger partial charge in [-0.3, -0.25) is 4.79 Å². The lowest BCUT2D eigenvalue weighted by Gasteiger charge is -2.09. The summed E-state index contributed by atoms with van der Waals surface area (Å²) in [5.74, 6) is 0. The largest absolute Gasteiger partial charge is 0.276 e. The highest BCUT2D eigenvalue weighted by Crippen LogP contribution is 2.24. The van der Waals surface area contributed by atoms with Gasteiger partial charge in [-0.05, 0) is 48.2 Å². The Kier molecular flexibility index (Phi) is 5.96. The van der Waals surface area contributed by atoms with Gasteiger partial charge < -0.3 is 0 Å². The quantitative estimate of drug-likeness (QED) is 0.589. The third-order valence-corrected chi connectivity index (χ3v) is 4.35. The van der Waals surface area contributed by atoms with E-state index in [2.05, 4.69) is 6.92 Å². The molecule has 0 heterocycles. The van der Waals surface area contributed by atoms with Gasteiger partial charge in [-0.2, -0.15) is 0 Å². The van der Waals surface area contributed by atoms with Gasteiger partial charge >= 0.3 is 0 Å². The molecule has 0 aliphatic rings. The predicted octanol–water partition coefficient (Wildman–Crippen LogP) is 3.98. The molecule has 0 aliphatic heterocycles. The first-order valence-electron chi connectivity index (χ1n) is 6.48. The van der Waals surface area contributed by atoms with Gasteiger partial charge in [0.15, 0.2) is 9.84 Å². The number of allylic oxidation sites excluding steroid dienone is 1. The number of unbranched alkanes of at least 4 members (excludes halogenated alkanes) is 2. The van der Waals surface area contributed by atoms with Crippen molar-refractivity contribution in [2.45, 2.75) is 38.0 Å². The normalized spacial score (nSPS) is 12.0.